The van der Waals surface area contributed by atoms with Gasteiger partial charge in [-0.05, 0) is 26.2 Å². The van der Waals surface area contributed by atoms with Crippen LogP contribution in [0.5, 0.6) is 0 Å². The van der Waals surface area contributed by atoms with Gasteiger partial charge in [-0.25, -0.2) is 4.79 Å². The molecule has 0 saturated carbocycles. The Morgan fingerprint density at radius 2 is 2.11 bits per heavy atom. The van der Waals surface area contributed by atoms with E-state index in [0.29, 0.717) is 32.3 Å². The van der Waals surface area contributed by atoms with Crippen molar-refractivity contribution in [3.8, 4) is 6.07 Å². The molecule has 0 saturated heterocycles. The molecule has 1 amide bonds. The summed E-state index contributed by atoms with van der Waals surface area (Å²) in [6, 6.07) is 1.36. The Balaban J connectivity index is 4.11. The van der Waals surface area contributed by atoms with Crippen molar-refractivity contribution in [1.29, 1.82) is 5.26 Å². The van der Waals surface area contributed by atoms with E-state index in [-0.39, 0.29) is 12.5 Å². The Morgan fingerprint density at radius 1 is 1.39 bits per heavy atom. The molecule has 6 heteroatoms. The van der Waals surface area contributed by atoms with Gasteiger partial charge in [-0.1, -0.05) is 0 Å². The number of carbonyl (C=O) groups is 2. The van der Waals surface area contributed by atoms with E-state index in [1.165, 1.54) is 7.11 Å². The number of unbranched alkanes of at least 4 members (excludes halogenated alkanes) is 2. The van der Waals surface area contributed by atoms with Gasteiger partial charge in [0.05, 0.1) is 13.2 Å². The molecule has 1 atom stereocenters. The number of hydrogen-bond acceptors (Lipinski definition) is 5. The van der Waals surface area contributed by atoms with Gasteiger partial charge in [0.15, 0.2) is 0 Å². The molecule has 0 aromatic heterocycles. The van der Waals surface area contributed by atoms with Crippen LogP contribution in [0.1, 0.15) is 32.6 Å². The lowest BCUT2D eigenvalue weighted by molar-refractivity contribution is -0.145. The van der Waals surface area contributed by atoms with Crippen LogP contribution in [0.3, 0.4) is 0 Å². The molecule has 6 nitrogen and oxygen atoms in total. The average Bonchev–Trinajstić information content (AvgIpc) is 2.38. The van der Waals surface area contributed by atoms with Crippen LogP contribution in [-0.4, -0.2) is 38.2 Å². The Kier molecular flexibility index (Phi) is 9.60. The molecule has 0 unspecified atom stereocenters. The maximum atomic E-state index is 11.4. The van der Waals surface area contributed by atoms with Gasteiger partial charge in [0.2, 0.25) is 5.91 Å². The second kappa shape index (κ2) is 10.5. The van der Waals surface area contributed by atoms with E-state index in [0.717, 1.165) is 0 Å². The molecule has 0 aliphatic carbocycles. The zero-order chi connectivity index (χ0) is 13.8. The minimum absolute atomic E-state index is 0.0673. The normalized spacial score (nSPS) is 11.4. The van der Waals surface area contributed by atoms with Crippen LogP contribution in [0, 0.1) is 11.3 Å². The van der Waals surface area contributed by atoms with E-state index in [1.54, 1.807) is 6.92 Å². The molecule has 18 heavy (non-hydrogen) atoms. The summed E-state index contributed by atoms with van der Waals surface area (Å²) in [5.74, 6) is -0.815. The lowest BCUT2D eigenvalue weighted by Gasteiger charge is -2.16. The van der Waals surface area contributed by atoms with Crippen molar-refractivity contribution in [2.45, 2.75) is 38.6 Å². The summed E-state index contributed by atoms with van der Waals surface area (Å²) in [5.41, 5.74) is 0. The van der Waals surface area contributed by atoms with Crippen molar-refractivity contribution < 1.29 is 19.1 Å². The van der Waals surface area contributed by atoms with Crippen molar-refractivity contribution in [2.75, 3.05) is 20.3 Å². The van der Waals surface area contributed by atoms with Crippen LogP contribution >= 0.6 is 0 Å². The van der Waals surface area contributed by atoms with E-state index in [9.17, 15) is 9.59 Å². The molecule has 0 aromatic rings. The van der Waals surface area contributed by atoms with Crippen LogP contribution in [0.4, 0.5) is 0 Å². The van der Waals surface area contributed by atoms with E-state index in [4.69, 9.17) is 10.00 Å². The van der Waals surface area contributed by atoms with Gasteiger partial charge in [-0.2, -0.15) is 5.26 Å². The molecule has 0 bridgehead atoms. The van der Waals surface area contributed by atoms with Crippen molar-refractivity contribution >= 4 is 11.9 Å². The summed E-state index contributed by atoms with van der Waals surface area (Å²) < 4.78 is 9.56. The van der Waals surface area contributed by atoms with E-state index in [1.807, 2.05) is 6.07 Å². The monoisotopic (exact) mass is 256 g/mol. The number of esters is 1. The van der Waals surface area contributed by atoms with Gasteiger partial charge in [0.25, 0.3) is 0 Å². The third kappa shape index (κ3) is 7.63. The SMILES string of the molecule is CCOCC(=O)N[C@H](CCCCC#N)C(=O)OC. The van der Waals surface area contributed by atoms with Crippen molar-refractivity contribution in [1.82, 2.24) is 5.32 Å². The van der Waals surface area contributed by atoms with E-state index < -0.39 is 12.0 Å². The maximum absolute atomic E-state index is 11.4. The quantitative estimate of drug-likeness (QED) is 0.486. The fourth-order valence-electron chi connectivity index (χ4n) is 1.37. The molecule has 0 aromatic carbocycles. The predicted molar refractivity (Wildman–Crippen MR) is 64.5 cm³/mol. The number of carbonyl (C=O) groups excluding carboxylic acids is 2. The molecule has 102 valence electrons. The molecule has 0 rings (SSSR count). The maximum Gasteiger partial charge on any atom is 0.328 e. The molecule has 0 aliphatic rings. The molecule has 0 radical (unpaired) electrons. The highest BCUT2D eigenvalue weighted by molar-refractivity contribution is 5.84. The minimum Gasteiger partial charge on any atom is -0.467 e. The molecule has 0 spiro atoms. The first-order chi connectivity index (χ1) is 8.65. The summed E-state index contributed by atoms with van der Waals surface area (Å²) in [6.07, 6.45) is 2.29. The third-order valence-electron chi connectivity index (χ3n) is 2.29. The lowest BCUT2D eigenvalue weighted by atomic mass is 10.1. The zero-order valence-corrected chi connectivity index (χ0v) is 10.9. The van der Waals surface area contributed by atoms with Gasteiger partial charge in [-0.3, -0.25) is 4.79 Å². The molecule has 0 heterocycles. The number of nitrogens with one attached hydrogen (secondary N) is 1. The number of rotatable bonds is 9. The fraction of sp³-hybridized carbons (Fsp3) is 0.750. The molecule has 0 fully saturated rings. The highest BCUT2D eigenvalue weighted by Gasteiger charge is 2.20. The highest BCUT2D eigenvalue weighted by atomic mass is 16.5. The Morgan fingerprint density at radius 3 is 2.67 bits per heavy atom. The first kappa shape index (κ1) is 16.4. The summed E-state index contributed by atoms with van der Waals surface area (Å²) >= 11 is 0. The summed E-state index contributed by atoms with van der Waals surface area (Å²) in [5, 5.41) is 11.0. The lowest BCUT2D eigenvalue weighted by Crippen LogP contribution is -2.43. The number of ether oxygens (including phenoxy) is 2. The minimum atomic E-state index is -0.665. The van der Waals surface area contributed by atoms with Crippen molar-refractivity contribution in [2.24, 2.45) is 0 Å². The van der Waals surface area contributed by atoms with Crippen LogP contribution in [-0.2, 0) is 19.1 Å². The topological polar surface area (TPSA) is 88.4 Å². The molecular weight excluding hydrogens is 236 g/mol. The van der Waals surface area contributed by atoms with Gasteiger partial charge in [-0.15, -0.1) is 0 Å². The zero-order valence-electron chi connectivity index (χ0n) is 10.9. The van der Waals surface area contributed by atoms with Gasteiger partial charge in [0.1, 0.15) is 12.6 Å². The van der Waals surface area contributed by atoms with Gasteiger partial charge in [0, 0.05) is 13.0 Å². The molecule has 0 aliphatic heterocycles. The molecular formula is C12H20N2O4. The Bertz CT molecular complexity index is 299. The summed E-state index contributed by atoms with van der Waals surface area (Å²) in [4.78, 5) is 22.9. The van der Waals surface area contributed by atoms with Crippen LogP contribution in [0.15, 0.2) is 0 Å². The highest BCUT2D eigenvalue weighted by Crippen LogP contribution is 2.05. The van der Waals surface area contributed by atoms with Crippen LogP contribution in [0.25, 0.3) is 0 Å². The largest absolute Gasteiger partial charge is 0.467 e. The Labute approximate surface area is 107 Å². The summed E-state index contributed by atoms with van der Waals surface area (Å²) in [7, 11) is 1.28. The number of amides is 1. The smallest absolute Gasteiger partial charge is 0.328 e. The Hall–Kier alpha value is -1.61. The van der Waals surface area contributed by atoms with Gasteiger partial charge >= 0.3 is 5.97 Å². The first-order valence-corrected chi connectivity index (χ1v) is 5.97. The third-order valence-corrected chi connectivity index (χ3v) is 2.29. The molecule has 1 N–H and O–H groups in total. The van der Waals surface area contributed by atoms with Crippen molar-refractivity contribution in [3.63, 3.8) is 0 Å². The standard InChI is InChI=1S/C12H20N2O4/c1-3-18-9-11(15)14-10(12(16)17-2)7-5-4-6-8-13/h10H,3-7,9H2,1-2H3,(H,14,15)/t10-/m1/s1. The number of nitriles is 1. The second-order valence-corrected chi connectivity index (χ2v) is 3.68. The summed E-state index contributed by atoms with van der Waals surface area (Å²) in [6.45, 7) is 2.16. The van der Waals surface area contributed by atoms with E-state index in [2.05, 4.69) is 10.1 Å². The number of hydrogen-bond donors (Lipinski definition) is 1. The average molecular weight is 256 g/mol. The van der Waals surface area contributed by atoms with Crippen LogP contribution in [0.2, 0.25) is 0 Å². The van der Waals surface area contributed by atoms with Gasteiger partial charge < -0.3 is 14.8 Å². The number of methoxy groups -OCH3 is 1. The van der Waals surface area contributed by atoms with Crippen molar-refractivity contribution in [3.05, 3.63) is 0 Å². The van der Waals surface area contributed by atoms with Crippen LogP contribution < -0.4 is 5.32 Å². The number of nitrogens with zero attached hydrogens (tertiary/aromatic N) is 1. The fourth-order valence-corrected chi connectivity index (χ4v) is 1.37. The predicted octanol–water partition coefficient (Wildman–Crippen LogP) is 0.765. The van der Waals surface area contributed by atoms with E-state index >= 15 is 0 Å². The second-order valence-electron chi connectivity index (χ2n) is 3.68. The first-order valence-electron chi connectivity index (χ1n) is 5.97.